The van der Waals surface area contributed by atoms with Crippen LogP contribution < -0.4 is 20.3 Å². The molecule has 0 fully saturated rings. The Morgan fingerprint density at radius 1 is 1.18 bits per heavy atom. The first kappa shape index (κ1) is 17.8. The van der Waals surface area contributed by atoms with Crippen LogP contribution in [-0.2, 0) is 4.79 Å². The molecule has 2 N–H and O–H groups in total. The van der Waals surface area contributed by atoms with Crippen molar-refractivity contribution in [3.8, 4) is 11.5 Å². The lowest BCUT2D eigenvalue weighted by Gasteiger charge is -2.13. The molecule has 0 saturated heterocycles. The number of rotatable bonds is 7. The molecule has 6 nitrogen and oxygen atoms in total. The van der Waals surface area contributed by atoms with Gasteiger partial charge in [-0.1, -0.05) is 20.8 Å². The summed E-state index contributed by atoms with van der Waals surface area (Å²) < 4.78 is 10.9. The number of carbonyl (C=O) groups excluding carboxylic acids is 2. The number of carbonyl (C=O) groups is 2. The summed E-state index contributed by atoms with van der Waals surface area (Å²) in [6.07, 6.45) is 1.24. The van der Waals surface area contributed by atoms with Crippen molar-refractivity contribution in [1.82, 2.24) is 10.9 Å². The Balaban J connectivity index is 2.70. The molecule has 0 saturated carbocycles. The quantitative estimate of drug-likeness (QED) is 0.758. The molecule has 0 spiro atoms. The highest BCUT2D eigenvalue weighted by Crippen LogP contribution is 2.28. The van der Waals surface area contributed by atoms with Gasteiger partial charge in [-0.15, -0.1) is 0 Å². The van der Waals surface area contributed by atoms with Crippen molar-refractivity contribution in [2.24, 2.45) is 5.92 Å². The lowest BCUT2D eigenvalue weighted by atomic mass is 10.1. The number of methoxy groups -OCH3 is 1. The number of amides is 2. The lowest BCUT2D eigenvalue weighted by molar-refractivity contribution is -0.121. The molecular formula is C16H24N2O4. The van der Waals surface area contributed by atoms with Crippen molar-refractivity contribution < 1.29 is 19.1 Å². The van der Waals surface area contributed by atoms with Crippen molar-refractivity contribution >= 4 is 11.8 Å². The molecule has 0 bridgehead atoms. The van der Waals surface area contributed by atoms with Gasteiger partial charge in [-0.05, 0) is 30.5 Å². The molecule has 2 amide bonds. The van der Waals surface area contributed by atoms with Gasteiger partial charge in [0.15, 0.2) is 11.5 Å². The Labute approximate surface area is 131 Å². The fraction of sp³-hybridized carbons (Fsp3) is 0.500. The SMILES string of the molecule is CCC(=O)NNC(=O)c1ccc(OCCC(C)C)c(OC)c1. The van der Waals surface area contributed by atoms with E-state index in [-0.39, 0.29) is 5.91 Å². The summed E-state index contributed by atoms with van der Waals surface area (Å²) in [6.45, 7) is 6.54. The maximum Gasteiger partial charge on any atom is 0.269 e. The Kier molecular flexibility index (Phi) is 7.22. The van der Waals surface area contributed by atoms with Gasteiger partial charge in [-0.25, -0.2) is 0 Å². The van der Waals surface area contributed by atoms with Crippen molar-refractivity contribution in [3.05, 3.63) is 23.8 Å². The molecule has 0 heterocycles. The van der Waals surface area contributed by atoms with Crippen LogP contribution in [0.15, 0.2) is 18.2 Å². The third kappa shape index (κ3) is 5.63. The molecule has 0 aliphatic rings. The van der Waals surface area contributed by atoms with Crippen molar-refractivity contribution in [1.29, 1.82) is 0 Å². The zero-order valence-corrected chi connectivity index (χ0v) is 13.6. The fourth-order valence-electron chi connectivity index (χ4n) is 1.62. The number of benzene rings is 1. The van der Waals surface area contributed by atoms with Gasteiger partial charge in [-0.3, -0.25) is 20.4 Å². The molecule has 0 radical (unpaired) electrons. The minimum atomic E-state index is -0.408. The summed E-state index contributed by atoms with van der Waals surface area (Å²) in [5.74, 6) is 0.969. The normalized spacial score (nSPS) is 10.2. The molecule has 6 heteroatoms. The van der Waals surface area contributed by atoms with Crippen LogP contribution in [0.25, 0.3) is 0 Å². The van der Waals surface area contributed by atoms with Gasteiger partial charge < -0.3 is 9.47 Å². The van der Waals surface area contributed by atoms with E-state index in [1.54, 1.807) is 25.1 Å². The molecule has 22 heavy (non-hydrogen) atoms. The molecule has 0 aliphatic carbocycles. The van der Waals surface area contributed by atoms with Gasteiger partial charge in [0, 0.05) is 12.0 Å². The monoisotopic (exact) mass is 308 g/mol. The Morgan fingerprint density at radius 2 is 1.91 bits per heavy atom. The van der Waals surface area contributed by atoms with Crippen molar-refractivity contribution in [3.63, 3.8) is 0 Å². The van der Waals surface area contributed by atoms with E-state index in [0.29, 0.717) is 36.0 Å². The van der Waals surface area contributed by atoms with Crippen molar-refractivity contribution in [2.75, 3.05) is 13.7 Å². The highest BCUT2D eigenvalue weighted by Gasteiger charge is 2.12. The summed E-state index contributed by atoms with van der Waals surface area (Å²) in [5, 5.41) is 0. The maximum absolute atomic E-state index is 11.9. The molecule has 0 atom stereocenters. The molecule has 0 unspecified atom stereocenters. The van der Waals surface area contributed by atoms with E-state index in [1.807, 2.05) is 0 Å². The van der Waals surface area contributed by atoms with Gasteiger partial charge in [0.2, 0.25) is 5.91 Å². The third-order valence-corrected chi connectivity index (χ3v) is 3.02. The second-order valence-electron chi connectivity index (χ2n) is 5.25. The Morgan fingerprint density at radius 3 is 2.50 bits per heavy atom. The zero-order chi connectivity index (χ0) is 16.5. The lowest BCUT2D eigenvalue weighted by Crippen LogP contribution is -2.41. The second kappa shape index (κ2) is 8.92. The standard InChI is InChI=1S/C16H24N2O4/c1-5-15(19)17-18-16(20)12-6-7-13(14(10-12)21-4)22-9-8-11(2)3/h6-7,10-11H,5,8-9H2,1-4H3,(H,17,19)(H,18,20). The predicted octanol–water partition coefficient (Wildman–Crippen LogP) is 2.29. The first-order valence-electron chi connectivity index (χ1n) is 7.38. The molecule has 1 aromatic carbocycles. The topological polar surface area (TPSA) is 76.7 Å². The molecule has 0 aromatic heterocycles. The van der Waals surface area contributed by atoms with Gasteiger partial charge in [0.25, 0.3) is 5.91 Å². The van der Waals surface area contributed by atoms with Crippen LogP contribution in [0.3, 0.4) is 0 Å². The number of nitrogens with one attached hydrogen (secondary N) is 2. The molecular weight excluding hydrogens is 284 g/mol. The number of hydrogen-bond acceptors (Lipinski definition) is 4. The zero-order valence-electron chi connectivity index (χ0n) is 13.6. The van der Waals surface area contributed by atoms with Gasteiger partial charge >= 0.3 is 0 Å². The van der Waals surface area contributed by atoms with E-state index in [4.69, 9.17) is 9.47 Å². The largest absolute Gasteiger partial charge is 0.493 e. The van der Waals surface area contributed by atoms with E-state index in [2.05, 4.69) is 24.7 Å². The molecule has 1 rings (SSSR count). The number of ether oxygens (including phenoxy) is 2. The van der Waals surface area contributed by atoms with Gasteiger partial charge in [0.1, 0.15) is 0 Å². The number of hydrogen-bond donors (Lipinski definition) is 2. The van der Waals surface area contributed by atoms with Crippen molar-refractivity contribution in [2.45, 2.75) is 33.6 Å². The van der Waals surface area contributed by atoms with Gasteiger partial charge in [-0.2, -0.15) is 0 Å². The highest BCUT2D eigenvalue weighted by atomic mass is 16.5. The molecule has 122 valence electrons. The summed E-state index contributed by atoms with van der Waals surface area (Å²) in [4.78, 5) is 23.1. The summed E-state index contributed by atoms with van der Waals surface area (Å²) >= 11 is 0. The summed E-state index contributed by atoms with van der Waals surface area (Å²) in [6, 6.07) is 4.90. The molecule has 0 aliphatic heterocycles. The van der Waals surface area contributed by atoms with Crippen LogP contribution in [0.4, 0.5) is 0 Å². The van der Waals surface area contributed by atoms with E-state index in [0.717, 1.165) is 6.42 Å². The Bertz CT molecular complexity index is 515. The molecule has 1 aromatic rings. The average Bonchev–Trinajstić information content (AvgIpc) is 2.51. The van der Waals surface area contributed by atoms with Crippen LogP contribution >= 0.6 is 0 Å². The Hall–Kier alpha value is -2.24. The minimum absolute atomic E-state index is 0.256. The first-order chi connectivity index (χ1) is 10.5. The van der Waals surface area contributed by atoms with E-state index in [9.17, 15) is 9.59 Å². The van der Waals surface area contributed by atoms with Gasteiger partial charge in [0.05, 0.1) is 13.7 Å². The van der Waals surface area contributed by atoms with E-state index in [1.165, 1.54) is 7.11 Å². The van der Waals surface area contributed by atoms with Crippen LogP contribution in [0.2, 0.25) is 0 Å². The van der Waals surface area contributed by atoms with Crippen LogP contribution in [0.1, 0.15) is 44.0 Å². The predicted molar refractivity (Wildman–Crippen MR) is 83.8 cm³/mol. The van der Waals surface area contributed by atoms with Crippen LogP contribution in [0.5, 0.6) is 11.5 Å². The maximum atomic E-state index is 11.9. The highest BCUT2D eigenvalue weighted by molar-refractivity contribution is 5.95. The van der Waals surface area contributed by atoms with Crippen LogP contribution in [-0.4, -0.2) is 25.5 Å². The van der Waals surface area contributed by atoms with E-state index >= 15 is 0 Å². The van der Waals surface area contributed by atoms with Crippen LogP contribution in [0, 0.1) is 5.92 Å². The number of hydrazine groups is 1. The van der Waals surface area contributed by atoms with E-state index < -0.39 is 5.91 Å². The second-order valence-corrected chi connectivity index (χ2v) is 5.25. The minimum Gasteiger partial charge on any atom is -0.493 e. The first-order valence-corrected chi connectivity index (χ1v) is 7.38. The summed E-state index contributed by atoms with van der Waals surface area (Å²) in [7, 11) is 1.52. The fourth-order valence-corrected chi connectivity index (χ4v) is 1.62. The third-order valence-electron chi connectivity index (χ3n) is 3.02. The summed E-state index contributed by atoms with van der Waals surface area (Å²) in [5.41, 5.74) is 5.04. The smallest absolute Gasteiger partial charge is 0.269 e. The average molecular weight is 308 g/mol.